The van der Waals surface area contributed by atoms with Crippen LogP contribution in [0.3, 0.4) is 0 Å². The second-order valence-corrected chi connectivity index (χ2v) is 4.03. The van der Waals surface area contributed by atoms with E-state index in [0.717, 1.165) is 0 Å². The third-order valence-corrected chi connectivity index (χ3v) is 2.10. The molecule has 0 aromatic heterocycles. The average molecular weight is 245 g/mol. The summed E-state index contributed by atoms with van der Waals surface area (Å²) in [6.45, 7) is 3.68. The van der Waals surface area contributed by atoms with Crippen LogP contribution in [0, 0.1) is 5.92 Å². The molecule has 7 nitrogen and oxygen atoms in total. The van der Waals surface area contributed by atoms with E-state index in [2.05, 4.69) is 10.6 Å². The average Bonchev–Trinajstić information content (AvgIpc) is 2.19. The van der Waals surface area contributed by atoms with E-state index in [4.69, 9.17) is 10.8 Å². The number of nitrogens with two attached hydrogens (primary N) is 1. The Bertz CT molecular complexity index is 291. The molecule has 7 heteroatoms. The van der Waals surface area contributed by atoms with Crippen LogP contribution in [0.4, 0.5) is 4.79 Å². The van der Waals surface area contributed by atoms with Gasteiger partial charge in [0, 0.05) is 13.0 Å². The fourth-order valence-corrected chi connectivity index (χ4v) is 1.17. The fraction of sp³-hybridized carbons (Fsp3) is 0.700. The smallest absolute Gasteiger partial charge is 0.326 e. The summed E-state index contributed by atoms with van der Waals surface area (Å²) in [7, 11) is 0. The van der Waals surface area contributed by atoms with Gasteiger partial charge in [-0.3, -0.25) is 4.79 Å². The number of carbonyl (C=O) groups is 3. The Hall–Kier alpha value is -1.79. The van der Waals surface area contributed by atoms with Crippen LogP contribution in [0.2, 0.25) is 0 Å². The van der Waals surface area contributed by atoms with Gasteiger partial charge in [-0.15, -0.1) is 0 Å². The van der Waals surface area contributed by atoms with Gasteiger partial charge in [-0.05, 0) is 12.3 Å². The van der Waals surface area contributed by atoms with Crippen molar-refractivity contribution in [3.8, 4) is 0 Å². The van der Waals surface area contributed by atoms with Crippen LogP contribution in [-0.2, 0) is 9.59 Å². The minimum absolute atomic E-state index is 0.187. The zero-order valence-corrected chi connectivity index (χ0v) is 10.0. The van der Waals surface area contributed by atoms with E-state index in [1.165, 1.54) is 0 Å². The van der Waals surface area contributed by atoms with Crippen molar-refractivity contribution in [2.24, 2.45) is 11.7 Å². The first-order valence-corrected chi connectivity index (χ1v) is 5.40. The van der Waals surface area contributed by atoms with Crippen molar-refractivity contribution in [1.82, 2.24) is 10.6 Å². The summed E-state index contributed by atoms with van der Waals surface area (Å²) < 4.78 is 0. The Morgan fingerprint density at radius 3 is 2.29 bits per heavy atom. The molecule has 1 unspecified atom stereocenters. The van der Waals surface area contributed by atoms with Crippen molar-refractivity contribution in [2.45, 2.75) is 32.7 Å². The molecule has 0 spiro atoms. The molecule has 17 heavy (non-hydrogen) atoms. The molecule has 0 aliphatic heterocycles. The van der Waals surface area contributed by atoms with Crippen LogP contribution in [0.25, 0.3) is 0 Å². The third kappa shape index (κ3) is 7.15. The van der Waals surface area contributed by atoms with E-state index in [1.807, 2.05) is 0 Å². The summed E-state index contributed by atoms with van der Waals surface area (Å²) in [4.78, 5) is 32.5. The van der Waals surface area contributed by atoms with Crippen molar-refractivity contribution >= 4 is 17.9 Å². The zero-order valence-electron chi connectivity index (χ0n) is 10.0. The number of aliphatic carboxylic acids is 1. The van der Waals surface area contributed by atoms with Crippen LogP contribution in [0.1, 0.15) is 26.7 Å². The van der Waals surface area contributed by atoms with Crippen molar-refractivity contribution in [2.75, 3.05) is 6.54 Å². The number of hydrogen-bond acceptors (Lipinski definition) is 3. The van der Waals surface area contributed by atoms with E-state index in [9.17, 15) is 14.4 Å². The molecule has 0 fully saturated rings. The highest BCUT2D eigenvalue weighted by atomic mass is 16.4. The number of urea groups is 1. The quantitative estimate of drug-likeness (QED) is 0.458. The molecule has 0 aliphatic carbocycles. The molecule has 98 valence electrons. The molecule has 5 N–H and O–H groups in total. The second-order valence-electron chi connectivity index (χ2n) is 4.03. The van der Waals surface area contributed by atoms with Gasteiger partial charge in [0.25, 0.3) is 0 Å². The molecule has 0 aromatic rings. The Morgan fingerprint density at radius 1 is 1.29 bits per heavy atom. The minimum atomic E-state index is -1.08. The lowest BCUT2D eigenvalue weighted by Crippen LogP contribution is -2.48. The van der Waals surface area contributed by atoms with Gasteiger partial charge >= 0.3 is 12.0 Å². The van der Waals surface area contributed by atoms with Gasteiger partial charge < -0.3 is 21.5 Å². The molecular formula is C10H19N3O4. The standard InChI is InChI=1S/C10H19N3O4/c1-6(2)8(9(15)16)13-10(17)12-5-3-4-7(11)14/h6,8H,3-5H2,1-2H3,(H2,11,14)(H,15,16)(H2,12,13,17). The number of carboxylic acids is 1. The number of carboxylic acid groups (broad SMARTS) is 1. The molecule has 0 rings (SSSR count). The van der Waals surface area contributed by atoms with Crippen LogP contribution in [-0.4, -0.2) is 35.6 Å². The lowest BCUT2D eigenvalue weighted by atomic mass is 10.1. The normalized spacial score (nSPS) is 11.9. The predicted molar refractivity (Wildman–Crippen MR) is 61.2 cm³/mol. The molecule has 1 atom stereocenters. The van der Waals surface area contributed by atoms with Gasteiger partial charge in [0.15, 0.2) is 0 Å². The van der Waals surface area contributed by atoms with Gasteiger partial charge in [0.1, 0.15) is 6.04 Å². The van der Waals surface area contributed by atoms with Crippen molar-refractivity contribution in [3.63, 3.8) is 0 Å². The largest absolute Gasteiger partial charge is 0.480 e. The van der Waals surface area contributed by atoms with Gasteiger partial charge in [0.2, 0.25) is 5.91 Å². The van der Waals surface area contributed by atoms with E-state index in [1.54, 1.807) is 13.8 Å². The molecule has 0 aliphatic rings. The van der Waals surface area contributed by atoms with Crippen molar-refractivity contribution in [3.05, 3.63) is 0 Å². The highest BCUT2D eigenvalue weighted by molar-refractivity contribution is 5.82. The van der Waals surface area contributed by atoms with E-state index >= 15 is 0 Å². The number of carbonyl (C=O) groups excluding carboxylic acids is 2. The lowest BCUT2D eigenvalue weighted by molar-refractivity contribution is -0.140. The van der Waals surface area contributed by atoms with Crippen molar-refractivity contribution < 1.29 is 19.5 Å². The highest BCUT2D eigenvalue weighted by Gasteiger charge is 2.22. The van der Waals surface area contributed by atoms with Gasteiger partial charge in [-0.25, -0.2) is 9.59 Å². The predicted octanol–water partition coefficient (Wildman–Crippen LogP) is -0.340. The van der Waals surface area contributed by atoms with E-state index < -0.39 is 23.9 Å². The number of rotatable bonds is 7. The molecular weight excluding hydrogens is 226 g/mol. The second kappa shape index (κ2) is 7.48. The van der Waals surface area contributed by atoms with Crippen LogP contribution >= 0.6 is 0 Å². The maximum Gasteiger partial charge on any atom is 0.326 e. The molecule has 0 saturated carbocycles. The number of hydrogen-bond donors (Lipinski definition) is 4. The van der Waals surface area contributed by atoms with E-state index in [-0.39, 0.29) is 18.9 Å². The summed E-state index contributed by atoms with van der Waals surface area (Å²) in [5.41, 5.74) is 4.92. The third-order valence-electron chi connectivity index (χ3n) is 2.10. The summed E-state index contributed by atoms with van der Waals surface area (Å²) >= 11 is 0. The highest BCUT2D eigenvalue weighted by Crippen LogP contribution is 2.01. The number of primary amides is 1. The summed E-state index contributed by atoms with van der Waals surface area (Å²) in [5, 5.41) is 13.6. The molecule has 0 bridgehead atoms. The van der Waals surface area contributed by atoms with Gasteiger partial charge in [-0.2, -0.15) is 0 Å². The Morgan fingerprint density at radius 2 is 1.88 bits per heavy atom. The zero-order chi connectivity index (χ0) is 13.4. The Labute approximate surface area is 99.7 Å². The van der Waals surface area contributed by atoms with Crippen molar-refractivity contribution in [1.29, 1.82) is 0 Å². The minimum Gasteiger partial charge on any atom is -0.480 e. The SMILES string of the molecule is CC(C)C(NC(=O)NCCCC(N)=O)C(=O)O. The topological polar surface area (TPSA) is 122 Å². The summed E-state index contributed by atoms with van der Waals surface area (Å²) in [6.07, 6.45) is 0.620. The maximum atomic E-state index is 11.3. The first-order valence-electron chi connectivity index (χ1n) is 5.40. The summed E-state index contributed by atoms with van der Waals surface area (Å²) in [5.74, 6) is -1.71. The molecule has 0 aromatic carbocycles. The Balaban J connectivity index is 3.91. The first-order chi connectivity index (χ1) is 7.84. The van der Waals surface area contributed by atoms with Crippen LogP contribution < -0.4 is 16.4 Å². The Kier molecular flexibility index (Phi) is 6.69. The fourth-order valence-electron chi connectivity index (χ4n) is 1.17. The lowest BCUT2D eigenvalue weighted by Gasteiger charge is -2.18. The number of nitrogens with one attached hydrogen (secondary N) is 2. The molecule has 0 heterocycles. The van der Waals surface area contributed by atoms with E-state index in [0.29, 0.717) is 6.42 Å². The summed E-state index contributed by atoms with van der Waals surface area (Å²) in [6, 6.07) is -1.48. The van der Waals surface area contributed by atoms with Gasteiger partial charge in [-0.1, -0.05) is 13.8 Å². The first kappa shape index (κ1) is 15.2. The number of amides is 3. The molecule has 3 amide bonds. The maximum absolute atomic E-state index is 11.3. The molecule has 0 radical (unpaired) electrons. The van der Waals surface area contributed by atoms with Gasteiger partial charge in [0.05, 0.1) is 0 Å². The van der Waals surface area contributed by atoms with Crippen LogP contribution in [0.5, 0.6) is 0 Å². The monoisotopic (exact) mass is 245 g/mol. The molecule has 0 saturated heterocycles. The van der Waals surface area contributed by atoms with Crippen LogP contribution in [0.15, 0.2) is 0 Å².